The maximum Gasteiger partial charge on any atom is 0.228 e. The fourth-order valence-electron chi connectivity index (χ4n) is 2.75. The lowest BCUT2D eigenvalue weighted by atomic mass is 10.1. The van der Waals surface area contributed by atoms with Gasteiger partial charge in [0.25, 0.3) is 0 Å². The average molecular weight is 384 g/mol. The number of thioether (sulfide) groups is 2. The summed E-state index contributed by atoms with van der Waals surface area (Å²) in [5.74, 6) is 2.35. The van der Waals surface area contributed by atoms with Crippen LogP contribution < -0.4 is 5.32 Å². The molecule has 1 aromatic heterocycles. The van der Waals surface area contributed by atoms with Crippen LogP contribution in [0.5, 0.6) is 0 Å². The number of carbonyl (C=O) groups excluding carboxylic acids is 1. The number of aromatic nitrogens is 4. The van der Waals surface area contributed by atoms with Crippen LogP contribution in [0.1, 0.15) is 15.7 Å². The fourth-order valence-corrected chi connectivity index (χ4v) is 5.59. The number of tetrazole rings is 1. The van der Waals surface area contributed by atoms with E-state index in [0.29, 0.717) is 11.0 Å². The molecular weight excluding hydrogens is 366 g/mol. The van der Waals surface area contributed by atoms with E-state index in [1.54, 1.807) is 4.68 Å². The van der Waals surface area contributed by atoms with Gasteiger partial charge < -0.3 is 5.32 Å². The van der Waals surface area contributed by atoms with Crippen LogP contribution in [0, 0.1) is 0 Å². The highest BCUT2D eigenvalue weighted by Crippen LogP contribution is 2.45. The van der Waals surface area contributed by atoms with Gasteiger partial charge in [0.2, 0.25) is 5.91 Å². The average Bonchev–Trinajstić information content (AvgIpc) is 3.37. The molecule has 0 aliphatic carbocycles. The SMILES string of the molecule is O=C(Cc1ccc(-n2cnnn2)cc1)Nc1cccc(C2SCCS2)c1. The van der Waals surface area contributed by atoms with Crippen molar-refractivity contribution in [3.63, 3.8) is 0 Å². The van der Waals surface area contributed by atoms with E-state index in [9.17, 15) is 4.79 Å². The number of anilines is 1. The zero-order valence-electron chi connectivity index (χ0n) is 13.9. The molecule has 2 aromatic carbocycles. The van der Waals surface area contributed by atoms with Gasteiger partial charge in [0.15, 0.2) is 0 Å². The van der Waals surface area contributed by atoms with Crippen LogP contribution in [0.2, 0.25) is 0 Å². The van der Waals surface area contributed by atoms with Crippen molar-refractivity contribution < 1.29 is 4.79 Å². The van der Waals surface area contributed by atoms with E-state index in [1.165, 1.54) is 23.4 Å². The highest BCUT2D eigenvalue weighted by molar-refractivity contribution is 8.19. The molecule has 8 heteroatoms. The van der Waals surface area contributed by atoms with Crippen LogP contribution in [-0.2, 0) is 11.2 Å². The van der Waals surface area contributed by atoms with Crippen molar-refractivity contribution in [1.82, 2.24) is 20.2 Å². The van der Waals surface area contributed by atoms with E-state index in [-0.39, 0.29) is 5.91 Å². The minimum Gasteiger partial charge on any atom is -0.326 e. The Morgan fingerprint density at radius 1 is 1.15 bits per heavy atom. The van der Waals surface area contributed by atoms with Crippen LogP contribution in [0.3, 0.4) is 0 Å². The maximum absolute atomic E-state index is 12.4. The van der Waals surface area contributed by atoms with Crippen molar-refractivity contribution in [2.45, 2.75) is 11.0 Å². The quantitative estimate of drug-likeness (QED) is 0.729. The van der Waals surface area contributed by atoms with Crippen LogP contribution in [0.25, 0.3) is 5.69 Å². The lowest BCUT2D eigenvalue weighted by Gasteiger charge is -2.11. The Kier molecular flexibility index (Phi) is 5.21. The number of rotatable bonds is 5. The van der Waals surface area contributed by atoms with E-state index >= 15 is 0 Å². The molecule has 1 aliphatic rings. The van der Waals surface area contributed by atoms with Gasteiger partial charge in [-0.3, -0.25) is 4.79 Å². The fraction of sp³-hybridized carbons (Fsp3) is 0.222. The van der Waals surface area contributed by atoms with Gasteiger partial charge in [0.1, 0.15) is 6.33 Å². The number of hydrogen-bond donors (Lipinski definition) is 1. The standard InChI is InChI=1S/C18H17N5OS2/c24-17(10-13-4-6-16(7-5-13)23-12-19-21-22-23)20-15-3-1-2-14(11-15)18-25-8-9-26-18/h1-7,11-12,18H,8-10H2,(H,20,24). The Morgan fingerprint density at radius 3 is 2.69 bits per heavy atom. The monoisotopic (exact) mass is 383 g/mol. The van der Waals surface area contributed by atoms with Crippen molar-refractivity contribution in [3.8, 4) is 5.69 Å². The Bertz CT molecular complexity index is 877. The Hall–Kier alpha value is -2.32. The van der Waals surface area contributed by atoms with Gasteiger partial charge in [-0.1, -0.05) is 24.3 Å². The third-order valence-corrected chi connectivity index (χ3v) is 7.08. The molecule has 2 heterocycles. The molecule has 1 saturated heterocycles. The first-order chi connectivity index (χ1) is 12.8. The Balaban J connectivity index is 1.38. The molecule has 0 radical (unpaired) electrons. The summed E-state index contributed by atoms with van der Waals surface area (Å²) in [5.41, 5.74) is 3.92. The van der Waals surface area contributed by atoms with Crippen molar-refractivity contribution in [2.75, 3.05) is 16.8 Å². The van der Waals surface area contributed by atoms with E-state index in [2.05, 4.69) is 33.0 Å². The van der Waals surface area contributed by atoms with Gasteiger partial charge in [-0.25, -0.2) is 4.68 Å². The molecule has 132 valence electrons. The number of carbonyl (C=O) groups is 1. The highest BCUT2D eigenvalue weighted by Gasteiger charge is 2.18. The molecule has 6 nitrogen and oxygen atoms in total. The van der Waals surface area contributed by atoms with Gasteiger partial charge in [-0.2, -0.15) is 0 Å². The number of nitrogens with one attached hydrogen (secondary N) is 1. The summed E-state index contributed by atoms with van der Waals surface area (Å²) in [7, 11) is 0. The van der Waals surface area contributed by atoms with E-state index in [4.69, 9.17) is 0 Å². The molecule has 0 saturated carbocycles. The summed E-state index contributed by atoms with van der Waals surface area (Å²) in [5, 5.41) is 14.1. The lowest BCUT2D eigenvalue weighted by Crippen LogP contribution is -2.14. The molecule has 1 N–H and O–H groups in total. The summed E-state index contributed by atoms with van der Waals surface area (Å²) in [4.78, 5) is 12.4. The molecule has 26 heavy (non-hydrogen) atoms. The summed E-state index contributed by atoms with van der Waals surface area (Å²) in [6, 6.07) is 15.8. The first-order valence-corrected chi connectivity index (χ1v) is 10.3. The minimum atomic E-state index is -0.0240. The van der Waals surface area contributed by atoms with E-state index in [1.807, 2.05) is 59.9 Å². The summed E-state index contributed by atoms with van der Waals surface area (Å²) >= 11 is 3.92. The third kappa shape index (κ3) is 4.08. The van der Waals surface area contributed by atoms with Crippen molar-refractivity contribution >= 4 is 35.1 Å². The molecule has 0 atom stereocenters. The normalized spacial score (nSPS) is 14.5. The molecule has 1 fully saturated rings. The second-order valence-electron chi connectivity index (χ2n) is 5.84. The van der Waals surface area contributed by atoms with Gasteiger partial charge in [-0.05, 0) is 45.8 Å². The second-order valence-corrected chi connectivity index (χ2v) is 8.57. The number of hydrogen-bond acceptors (Lipinski definition) is 6. The summed E-state index contributed by atoms with van der Waals surface area (Å²) < 4.78 is 2.06. The zero-order chi connectivity index (χ0) is 17.8. The van der Waals surface area contributed by atoms with Gasteiger partial charge in [-0.15, -0.1) is 28.6 Å². The largest absolute Gasteiger partial charge is 0.326 e. The Morgan fingerprint density at radius 2 is 1.96 bits per heavy atom. The topological polar surface area (TPSA) is 72.7 Å². The van der Waals surface area contributed by atoms with Crippen molar-refractivity contribution in [3.05, 3.63) is 66.0 Å². The van der Waals surface area contributed by atoms with Gasteiger partial charge >= 0.3 is 0 Å². The first-order valence-electron chi connectivity index (χ1n) is 8.23. The molecular formula is C18H17N5OS2. The molecule has 1 amide bonds. The molecule has 3 aromatic rings. The molecule has 0 unspecified atom stereocenters. The molecule has 1 aliphatic heterocycles. The molecule has 0 spiro atoms. The minimum absolute atomic E-state index is 0.0240. The van der Waals surface area contributed by atoms with Gasteiger partial charge in [0.05, 0.1) is 16.7 Å². The van der Waals surface area contributed by atoms with Gasteiger partial charge in [0, 0.05) is 17.2 Å². The third-order valence-electron chi connectivity index (χ3n) is 3.98. The molecule has 4 rings (SSSR count). The summed E-state index contributed by atoms with van der Waals surface area (Å²) in [6.45, 7) is 0. The molecule has 0 bridgehead atoms. The van der Waals surface area contributed by atoms with Crippen molar-refractivity contribution in [1.29, 1.82) is 0 Å². The zero-order valence-corrected chi connectivity index (χ0v) is 15.5. The van der Waals surface area contributed by atoms with Crippen LogP contribution in [0.4, 0.5) is 5.69 Å². The smallest absolute Gasteiger partial charge is 0.228 e. The Labute approximate surface area is 159 Å². The number of nitrogens with zero attached hydrogens (tertiary/aromatic N) is 4. The number of amides is 1. The van der Waals surface area contributed by atoms with Crippen molar-refractivity contribution in [2.24, 2.45) is 0 Å². The summed E-state index contributed by atoms with van der Waals surface area (Å²) in [6.07, 6.45) is 1.86. The van der Waals surface area contributed by atoms with Crippen LogP contribution in [0.15, 0.2) is 54.9 Å². The predicted octanol–water partition coefficient (Wildman–Crippen LogP) is 3.32. The lowest BCUT2D eigenvalue weighted by molar-refractivity contribution is -0.115. The van der Waals surface area contributed by atoms with Crippen LogP contribution in [-0.4, -0.2) is 37.6 Å². The maximum atomic E-state index is 12.4. The predicted molar refractivity (Wildman–Crippen MR) is 106 cm³/mol. The highest BCUT2D eigenvalue weighted by atomic mass is 32.2. The second kappa shape index (κ2) is 7.92. The first kappa shape index (κ1) is 17.1. The van der Waals surface area contributed by atoms with Crippen LogP contribution >= 0.6 is 23.5 Å². The van der Waals surface area contributed by atoms with E-state index < -0.39 is 0 Å². The van der Waals surface area contributed by atoms with E-state index in [0.717, 1.165) is 16.9 Å². The number of benzene rings is 2.